The van der Waals surface area contributed by atoms with Crippen LogP contribution < -0.4 is 0 Å². The summed E-state index contributed by atoms with van der Waals surface area (Å²) in [6.45, 7) is 4.63. The molecule has 0 aromatic heterocycles. The van der Waals surface area contributed by atoms with Crippen molar-refractivity contribution in [1.82, 2.24) is 4.90 Å². The Bertz CT molecular complexity index is 294. The Morgan fingerprint density at radius 3 is 2.76 bits per heavy atom. The van der Waals surface area contributed by atoms with Gasteiger partial charge in [-0.3, -0.25) is 4.79 Å². The first-order valence-corrected chi connectivity index (χ1v) is 6.42. The lowest BCUT2D eigenvalue weighted by Crippen LogP contribution is -2.47. The van der Waals surface area contributed by atoms with Crippen LogP contribution in [0.3, 0.4) is 0 Å². The number of nitrogens with zero attached hydrogens (tertiary/aromatic N) is 2. The number of aliphatic hydroxyl groups excluding tert-OH is 1. The van der Waals surface area contributed by atoms with Gasteiger partial charge in [-0.25, -0.2) is 0 Å². The Morgan fingerprint density at radius 1 is 1.53 bits per heavy atom. The summed E-state index contributed by atoms with van der Waals surface area (Å²) in [7, 11) is 0. The number of likely N-dealkylation sites (tertiary alicyclic amines) is 1. The Labute approximate surface area is 103 Å². The van der Waals surface area contributed by atoms with Gasteiger partial charge >= 0.3 is 0 Å². The van der Waals surface area contributed by atoms with E-state index in [-0.39, 0.29) is 24.5 Å². The summed E-state index contributed by atoms with van der Waals surface area (Å²) >= 11 is 0. The summed E-state index contributed by atoms with van der Waals surface area (Å²) in [4.78, 5) is 14.1. The highest BCUT2D eigenvalue weighted by atomic mass is 16.3. The molecule has 0 bridgehead atoms. The second kappa shape index (κ2) is 6.61. The standard InChI is InChI=1S/C13H22N2O2/c1-10(2)12(9-14)13(17)15-7-4-3-5-11(15)6-8-16/h10-12,16H,3-8H2,1-2H3. The molecule has 2 atom stereocenters. The normalized spacial score (nSPS) is 22.3. The summed E-state index contributed by atoms with van der Waals surface area (Å²) in [5.41, 5.74) is 0. The minimum atomic E-state index is -0.547. The fourth-order valence-corrected chi connectivity index (χ4v) is 2.41. The van der Waals surface area contributed by atoms with Crippen molar-refractivity contribution < 1.29 is 9.90 Å². The lowest BCUT2D eigenvalue weighted by Gasteiger charge is -2.37. The van der Waals surface area contributed by atoms with Crippen LogP contribution in [0.1, 0.15) is 39.5 Å². The van der Waals surface area contributed by atoms with Crippen LogP contribution in [0.25, 0.3) is 0 Å². The van der Waals surface area contributed by atoms with E-state index in [1.165, 1.54) is 0 Å². The fraction of sp³-hybridized carbons (Fsp3) is 0.846. The van der Waals surface area contributed by atoms with Crippen LogP contribution in [-0.4, -0.2) is 35.1 Å². The molecule has 1 rings (SSSR count). The zero-order chi connectivity index (χ0) is 12.8. The molecule has 0 aliphatic carbocycles. The summed E-state index contributed by atoms with van der Waals surface area (Å²) in [6.07, 6.45) is 3.68. The number of aliphatic hydroxyl groups is 1. The quantitative estimate of drug-likeness (QED) is 0.808. The number of carbonyl (C=O) groups excluding carboxylic acids is 1. The zero-order valence-electron chi connectivity index (χ0n) is 10.7. The molecule has 1 saturated heterocycles. The average Bonchev–Trinajstić information content (AvgIpc) is 2.30. The van der Waals surface area contributed by atoms with E-state index in [1.807, 2.05) is 18.7 Å². The molecule has 0 spiro atoms. The fourth-order valence-electron chi connectivity index (χ4n) is 2.41. The lowest BCUT2D eigenvalue weighted by atomic mass is 9.92. The maximum Gasteiger partial charge on any atom is 0.240 e. The summed E-state index contributed by atoms with van der Waals surface area (Å²) in [5.74, 6) is -0.556. The highest BCUT2D eigenvalue weighted by Gasteiger charge is 2.32. The van der Waals surface area contributed by atoms with Crippen molar-refractivity contribution >= 4 is 5.91 Å². The van der Waals surface area contributed by atoms with Gasteiger partial charge < -0.3 is 10.0 Å². The minimum absolute atomic E-state index is 0.0456. The molecule has 0 radical (unpaired) electrons. The second-order valence-electron chi connectivity index (χ2n) is 5.04. The summed E-state index contributed by atoms with van der Waals surface area (Å²) < 4.78 is 0. The van der Waals surface area contributed by atoms with Crippen LogP contribution in [0.5, 0.6) is 0 Å². The van der Waals surface area contributed by atoms with E-state index in [0.29, 0.717) is 6.42 Å². The molecular weight excluding hydrogens is 216 g/mol. The number of carbonyl (C=O) groups is 1. The first-order valence-electron chi connectivity index (χ1n) is 6.42. The molecule has 0 aromatic rings. The molecule has 0 saturated carbocycles. The molecule has 1 aliphatic rings. The third-order valence-electron chi connectivity index (χ3n) is 3.44. The van der Waals surface area contributed by atoms with Crippen molar-refractivity contribution in [3.8, 4) is 6.07 Å². The molecule has 4 nitrogen and oxygen atoms in total. The van der Waals surface area contributed by atoms with E-state index in [4.69, 9.17) is 10.4 Å². The predicted octanol–water partition coefficient (Wildman–Crippen LogP) is 1.55. The first kappa shape index (κ1) is 14.0. The highest BCUT2D eigenvalue weighted by Crippen LogP contribution is 2.23. The van der Waals surface area contributed by atoms with Crippen molar-refractivity contribution in [3.05, 3.63) is 0 Å². The van der Waals surface area contributed by atoms with Gasteiger partial charge in [0.05, 0.1) is 6.07 Å². The lowest BCUT2D eigenvalue weighted by molar-refractivity contribution is -0.139. The SMILES string of the molecule is CC(C)C(C#N)C(=O)N1CCCCC1CCO. The Hall–Kier alpha value is -1.08. The van der Waals surface area contributed by atoms with Gasteiger partial charge in [-0.2, -0.15) is 5.26 Å². The third-order valence-corrected chi connectivity index (χ3v) is 3.44. The minimum Gasteiger partial charge on any atom is -0.396 e. The molecule has 2 unspecified atom stereocenters. The van der Waals surface area contributed by atoms with Gasteiger partial charge in [-0.1, -0.05) is 13.8 Å². The maximum absolute atomic E-state index is 12.3. The number of piperidine rings is 1. The monoisotopic (exact) mass is 238 g/mol. The molecular formula is C13H22N2O2. The highest BCUT2D eigenvalue weighted by molar-refractivity contribution is 5.81. The smallest absolute Gasteiger partial charge is 0.240 e. The largest absolute Gasteiger partial charge is 0.396 e. The van der Waals surface area contributed by atoms with Gasteiger partial charge in [-0.05, 0) is 31.6 Å². The molecule has 0 aromatic carbocycles. The van der Waals surface area contributed by atoms with Crippen molar-refractivity contribution in [3.63, 3.8) is 0 Å². The predicted molar refractivity (Wildman–Crippen MR) is 65.0 cm³/mol. The average molecular weight is 238 g/mol. The van der Waals surface area contributed by atoms with Crippen LogP contribution in [0.4, 0.5) is 0 Å². The molecule has 4 heteroatoms. The van der Waals surface area contributed by atoms with E-state index >= 15 is 0 Å². The number of rotatable bonds is 4. The van der Waals surface area contributed by atoms with Crippen LogP contribution in [0.15, 0.2) is 0 Å². The summed E-state index contributed by atoms with van der Waals surface area (Å²) in [5, 5.41) is 18.1. The number of nitriles is 1. The van der Waals surface area contributed by atoms with Crippen molar-refractivity contribution in [2.24, 2.45) is 11.8 Å². The van der Waals surface area contributed by atoms with Crippen molar-refractivity contribution in [2.45, 2.75) is 45.6 Å². The van der Waals surface area contributed by atoms with E-state index in [2.05, 4.69) is 6.07 Å². The van der Waals surface area contributed by atoms with Gasteiger partial charge in [0.2, 0.25) is 5.91 Å². The number of amides is 1. The van der Waals surface area contributed by atoms with Gasteiger partial charge in [0.1, 0.15) is 5.92 Å². The van der Waals surface area contributed by atoms with Gasteiger partial charge in [0.15, 0.2) is 0 Å². The summed E-state index contributed by atoms with van der Waals surface area (Å²) in [6, 6.07) is 2.23. The van der Waals surface area contributed by atoms with Crippen LogP contribution in [0, 0.1) is 23.2 Å². The molecule has 1 N–H and O–H groups in total. The van der Waals surface area contributed by atoms with E-state index in [0.717, 1.165) is 25.8 Å². The number of hydrogen-bond acceptors (Lipinski definition) is 3. The van der Waals surface area contributed by atoms with Crippen molar-refractivity contribution in [1.29, 1.82) is 5.26 Å². The Morgan fingerprint density at radius 2 is 2.24 bits per heavy atom. The van der Waals surface area contributed by atoms with E-state index < -0.39 is 5.92 Å². The van der Waals surface area contributed by atoms with Crippen LogP contribution in [-0.2, 0) is 4.79 Å². The van der Waals surface area contributed by atoms with Crippen LogP contribution >= 0.6 is 0 Å². The maximum atomic E-state index is 12.3. The molecule has 96 valence electrons. The van der Waals surface area contributed by atoms with E-state index in [9.17, 15) is 4.79 Å². The second-order valence-corrected chi connectivity index (χ2v) is 5.04. The molecule has 1 amide bonds. The zero-order valence-corrected chi connectivity index (χ0v) is 10.7. The van der Waals surface area contributed by atoms with E-state index in [1.54, 1.807) is 0 Å². The van der Waals surface area contributed by atoms with Crippen LogP contribution in [0.2, 0.25) is 0 Å². The molecule has 1 heterocycles. The molecule has 1 aliphatic heterocycles. The third kappa shape index (κ3) is 3.44. The topological polar surface area (TPSA) is 64.3 Å². The first-order chi connectivity index (χ1) is 8.11. The van der Waals surface area contributed by atoms with Crippen molar-refractivity contribution in [2.75, 3.05) is 13.2 Å². The van der Waals surface area contributed by atoms with Gasteiger partial charge in [0.25, 0.3) is 0 Å². The van der Waals surface area contributed by atoms with Gasteiger partial charge in [0, 0.05) is 19.2 Å². The Balaban J connectivity index is 2.74. The van der Waals surface area contributed by atoms with Gasteiger partial charge in [-0.15, -0.1) is 0 Å². The number of hydrogen-bond donors (Lipinski definition) is 1. The molecule has 17 heavy (non-hydrogen) atoms. The molecule has 1 fully saturated rings. The Kier molecular flexibility index (Phi) is 5.43.